The Balaban J connectivity index is 1.11. The number of amides is 1. The summed E-state index contributed by atoms with van der Waals surface area (Å²) in [6.07, 6.45) is 3.30. The van der Waals surface area contributed by atoms with Crippen LogP contribution in [0.4, 0.5) is 10.6 Å². The molecule has 1 amide bonds. The Kier molecular flexibility index (Phi) is 10.9. The van der Waals surface area contributed by atoms with Crippen molar-refractivity contribution >= 4 is 11.9 Å². The van der Waals surface area contributed by atoms with Crippen molar-refractivity contribution in [2.75, 3.05) is 58.4 Å². The summed E-state index contributed by atoms with van der Waals surface area (Å²) in [7, 11) is 1.67. The third-order valence-electron chi connectivity index (χ3n) is 6.66. The van der Waals surface area contributed by atoms with Crippen LogP contribution in [0.25, 0.3) is 0 Å². The minimum atomic E-state index is -0.273. The fraction of sp³-hybridized carbons (Fsp3) is 0.433. The number of nitrogens with zero attached hydrogens (tertiary/aromatic N) is 4. The third-order valence-corrected chi connectivity index (χ3v) is 6.66. The fourth-order valence-electron chi connectivity index (χ4n) is 4.46. The molecule has 3 aromatic rings. The molecule has 39 heavy (non-hydrogen) atoms. The van der Waals surface area contributed by atoms with E-state index in [4.69, 9.17) is 14.2 Å². The number of nitrogens with one attached hydrogen (secondary N) is 1. The van der Waals surface area contributed by atoms with Crippen molar-refractivity contribution in [1.82, 2.24) is 19.8 Å². The number of pyridine rings is 2. The van der Waals surface area contributed by atoms with Gasteiger partial charge in [-0.1, -0.05) is 24.3 Å². The number of aryl methyl sites for hydroxylation is 2. The van der Waals surface area contributed by atoms with Crippen LogP contribution in [0, 0.1) is 6.92 Å². The normalized spacial score (nSPS) is 13.7. The van der Waals surface area contributed by atoms with E-state index in [1.165, 1.54) is 0 Å². The van der Waals surface area contributed by atoms with Gasteiger partial charge in [0.2, 0.25) is 0 Å². The van der Waals surface area contributed by atoms with Gasteiger partial charge in [-0.25, -0.2) is 9.78 Å². The zero-order valence-electron chi connectivity index (χ0n) is 23.0. The SMILES string of the molecule is COc1ccc(CNc2ncccc2CN2CCN(C(=O)OCCOCCCc3cccc(C)n3)CC2)cc1. The van der Waals surface area contributed by atoms with Crippen LogP contribution in [0.1, 0.15) is 28.9 Å². The largest absolute Gasteiger partial charge is 0.497 e. The van der Waals surface area contributed by atoms with E-state index >= 15 is 0 Å². The van der Waals surface area contributed by atoms with Crippen LogP contribution in [0.2, 0.25) is 0 Å². The van der Waals surface area contributed by atoms with Crippen LogP contribution >= 0.6 is 0 Å². The number of benzene rings is 1. The summed E-state index contributed by atoms with van der Waals surface area (Å²) in [6.45, 7) is 7.58. The number of carbonyl (C=O) groups excluding carboxylic acids is 1. The molecular weight excluding hydrogens is 494 g/mol. The average Bonchev–Trinajstić information content (AvgIpc) is 2.97. The highest BCUT2D eigenvalue weighted by Crippen LogP contribution is 2.18. The molecule has 0 aliphatic carbocycles. The summed E-state index contributed by atoms with van der Waals surface area (Å²) in [6, 6.07) is 18.1. The number of methoxy groups -OCH3 is 1. The zero-order chi connectivity index (χ0) is 27.3. The van der Waals surface area contributed by atoms with E-state index in [-0.39, 0.29) is 12.7 Å². The van der Waals surface area contributed by atoms with Gasteiger partial charge in [-0.15, -0.1) is 0 Å². The molecule has 1 saturated heterocycles. The van der Waals surface area contributed by atoms with E-state index < -0.39 is 0 Å². The fourth-order valence-corrected chi connectivity index (χ4v) is 4.46. The highest BCUT2D eigenvalue weighted by atomic mass is 16.6. The molecule has 0 radical (unpaired) electrons. The Morgan fingerprint density at radius 3 is 2.56 bits per heavy atom. The summed E-state index contributed by atoms with van der Waals surface area (Å²) in [5.41, 5.74) is 4.40. The maximum Gasteiger partial charge on any atom is 0.409 e. The average molecular weight is 534 g/mol. The second kappa shape index (κ2) is 15.0. The van der Waals surface area contributed by atoms with Crippen molar-refractivity contribution < 1.29 is 19.0 Å². The molecule has 1 aliphatic heterocycles. The second-order valence-corrected chi connectivity index (χ2v) is 9.58. The van der Waals surface area contributed by atoms with Gasteiger partial charge in [-0.2, -0.15) is 0 Å². The Morgan fingerprint density at radius 1 is 0.974 bits per heavy atom. The van der Waals surface area contributed by atoms with Gasteiger partial charge in [-0.3, -0.25) is 9.88 Å². The lowest BCUT2D eigenvalue weighted by molar-refractivity contribution is 0.0430. The topological polar surface area (TPSA) is 89.1 Å². The molecule has 9 heteroatoms. The number of hydrogen-bond acceptors (Lipinski definition) is 8. The predicted octanol–water partition coefficient (Wildman–Crippen LogP) is 4.31. The van der Waals surface area contributed by atoms with Crippen molar-refractivity contribution in [1.29, 1.82) is 0 Å². The molecule has 0 unspecified atom stereocenters. The lowest BCUT2D eigenvalue weighted by atomic mass is 10.2. The van der Waals surface area contributed by atoms with Crippen molar-refractivity contribution in [2.45, 2.75) is 32.9 Å². The molecule has 4 rings (SSSR count). The number of rotatable bonds is 13. The minimum Gasteiger partial charge on any atom is -0.497 e. The first-order valence-corrected chi connectivity index (χ1v) is 13.6. The molecule has 208 valence electrons. The van der Waals surface area contributed by atoms with Crippen molar-refractivity contribution in [3.8, 4) is 5.75 Å². The van der Waals surface area contributed by atoms with Gasteiger partial charge in [0.25, 0.3) is 0 Å². The van der Waals surface area contributed by atoms with Gasteiger partial charge in [-0.05, 0) is 55.7 Å². The first-order valence-electron chi connectivity index (χ1n) is 13.6. The quantitative estimate of drug-likeness (QED) is 0.325. The van der Waals surface area contributed by atoms with E-state index in [1.54, 1.807) is 18.2 Å². The van der Waals surface area contributed by atoms with Crippen LogP contribution in [-0.4, -0.2) is 79.0 Å². The van der Waals surface area contributed by atoms with E-state index in [0.29, 0.717) is 32.8 Å². The standard InChI is InChI=1S/C30H39N5O4/c1-24-6-3-8-27(33-24)9-5-19-38-20-21-39-30(36)35-17-15-34(16-18-35)23-26-7-4-14-31-29(26)32-22-25-10-12-28(37-2)13-11-25/h3-4,6-8,10-14H,5,9,15-23H2,1-2H3,(H,31,32). The smallest absolute Gasteiger partial charge is 0.409 e. The number of hydrogen-bond donors (Lipinski definition) is 1. The maximum absolute atomic E-state index is 12.5. The number of ether oxygens (including phenoxy) is 3. The van der Waals surface area contributed by atoms with Crippen LogP contribution in [-0.2, 0) is 29.0 Å². The molecule has 0 saturated carbocycles. The van der Waals surface area contributed by atoms with Gasteiger partial charge in [0.15, 0.2) is 0 Å². The van der Waals surface area contributed by atoms with Gasteiger partial charge >= 0.3 is 6.09 Å². The van der Waals surface area contributed by atoms with Crippen LogP contribution in [0.3, 0.4) is 0 Å². The van der Waals surface area contributed by atoms with Crippen LogP contribution in [0.5, 0.6) is 5.75 Å². The Labute approximate surface area is 231 Å². The minimum absolute atomic E-state index is 0.265. The number of aromatic nitrogens is 2. The van der Waals surface area contributed by atoms with E-state index in [1.807, 2.05) is 55.5 Å². The number of anilines is 1. The van der Waals surface area contributed by atoms with Crippen molar-refractivity contribution in [3.05, 3.63) is 83.3 Å². The van der Waals surface area contributed by atoms with Gasteiger partial charge in [0.05, 0.1) is 13.7 Å². The maximum atomic E-state index is 12.5. The van der Waals surface area contributed by atoms with Crippen molar-refractivity contribution in [2.24, 2.45) is 0 Å². The lowest BCUT2D eigenvalue weighted by Gasteiger charge is -2.34. The first kappa shape index (κ1) is 28.3. The summed E-state index contributed by atoms with van der Waals surface area (Å²) in [5.74, 6) is 1.72. The molecule has 0 bridgehead atoms. The van der Waals surface area contributed by atoms with E-state index in [2.05, 4.69) is 26.3 Å². The second-order valence-electron chi connectivity index (χ2n) is 9.58. The Bertz CT molecular complexity index is 1170. The zero-order valence-corrected chi connectivity index (χ0v) is 23.0. The molecule has 0 atom stereocenters. The number of piperazine rings is 1. The first-order chi connectivity index (χ1) is 19.1. The monoisotopic (exact) mass is 533 g/mol. The predicted molar refractivity (Wildman–Crippen MR) is 151 cm³/mol. The Morgan fingerprint density at radius 2 is 1.79 bits per heavy atom. The lowest BCUT2D eigenvalue weighted by Crippen LogP contribution is -2.48. The highest BCUT2D eigenvalue weighted by molar-refractivity contribution is 5.67. The van der Waals surface area contributed by atoms with Gasteiger partial charge in [0.1, 0.15) is 18.2 Å². The van der Waals surface area contributed by atoms with Crippen molar-refractivity contribution in [3.63, 3.8) is 0 Å². The summed E-state index contributed by atoms with van der Waals surface area (Å²) in [5, 5.41) is 3.46. The third kappa shape index (κ3) is 9.23. The number of carbonyl (C=O) groups is 1. The summed E-state index contributed by atoms with van der Waals surface area (Å²) < 4.78 is 16.3. The molecule has 1 N–H and O–H groups in total. The summed E-state index contributed by atoms with van der Waals surface area (Å²) in [4.78, 5) is 25.6. The highest BCUT2D eigenvalue weighted by Gasteiger charge is 2.22. The molecule has 2 aromatic heterocycles. The van der Waals surface area contributed by atoms with Gasteiger partial charge in [0, 0.05) is 69.0 Å². The molecule has 1 aliphatic rings. The Hall–Kier alpha value is -3.69. The molecule has 9 nitrogen and oxygen atoms in total. The van der Waals surface area contributed by atoms with E-state index in [9.17, 15) is 4.79 Å². The molecule has 3 heterocycles. The van der Waals surface area contributed by atoms with E-state index in [0.717, 1.165) is 66.6 Å². The van der Waals surface area contributed by atoms with Gasteiger partial charge < -0.3 is 24.4 Å². The molecule has 1 fully saturated rings. The molecular formula is C30H39N5O4. The molecule has 0 spiro atoms. The molecule has 1 aromatic carbocycles. The van der Waals surface area contributed by atoms with Crippen LogP contribution in [0.15, 0.2) is 60.8 Å². The van der Waals surface area contributed by atoms with Crippen LogP contribution < -0.4 is 10.1 Å². The summed E-state index contributed by atoms with van der Waals surface area (Å²) >= 11 is 0.